The molecule has 0 aliphatic rings. The van der Waals surface area contributed by atoms with Crippen LogP contribution in [0.4, 0.5) is 11.4 Å². The number of anilines is 2. The maximum Gasteiger partial charge on any atom is 0.264 e. The van der Waals surface area contributed by atoms with Gasteiger partial charge in [0.15, 0.2) is 0 Å². The first-order valence-corrected chi connectivity index (χ1v) is 19.1. The highest BCUT2D eigenvalue weighted by Gasteiger charge is 2.31. The predicted molar refractivity (Wildman–Crippen MR) is 197 cm³/mol. The van der Waals surface area contributed by atoms with Crippen molar-refractivity contribution in [3.8, 4) is 23.0 Å². The lowest BCUT2D eigenvalue weighted by molar-refractivity contribution is 0.113. The molecule has 0 amide bonds. The highest BCUT2D eigenvalue weighted by molar-refractivity contribution is 7.93. The summed E-state index contributed by atoms with van der Waals surface area (Å²) in [6.45, 7) is -1.10. The largest absolute Gasteiger partial charge is 0.495 e. The van der Waals surface area contributed by atoms with Gasteiger partial charge < -0.3 is 29.2 Å². The lowest BCUT2D eigenvalue weighted by atomic mass is 10.2. The highest BCUT2D eigenvalue weighted by atomic mass is 32.2. The van der Waals surface area contributed by atoms with Gasteiger partial charge in [0, 0.05) is 0 Å². The Kier molecular flexibility index (Phi) is 12.6. The van der Waals surface area contributed by atoms with Crippen molar-refractivity contribution in [2.45, 2.75) is 22.0 Å². The first kappa shape index (κ1) is 38.0. The van der Waals surface area contributed by atoms with Gasteiger partial charge in [-0.1, -0.05) is 60.7 Å². The molecule has 0 radical (unpaired) electrons. The van der Waals surface area contributed by atoms with Crippen molar-refractivity contribution in [2.75, 3.05) is 49.1 Å². The summed E-state index contributed by atoms with van der Waals surface area (Å²) >= 11 is 0. The van der Waals surface area contributed by atoms with E-state index < -0.39 is 32.3 Å². The summed E-state index contributed by atoms with van der Waals surface area (Å²) < 4.78 is 79.3. The fraction of sp³-hybridized carbons (Fsp3) is 0.211. The topological polar surface area (TPSA) is 152 Å². The smallest absolute Gasteiger partial charge is 0.264 e. The monoisotopic (exact) mass is 748 g/mol. The van der Waals surface area contributed by atoms with Gasteiger partial charge in [-0.05, 0) is 72.8 Å². The zero-order chi connectivity index (χ0) is 37.1. The van der Waals surface area contributed by atoms with E-state index in [2.05, 4.69) is 0 Å². The van der Waals surface area contributed by atoms with E-state index in [0.29, 0.717) is 23.0 Å². The molecular formula is C38H40N2O10S2. The van der Waals surface area contributed by atoms with Crippen molar-refractivity contribution in [1.82, 2.24) is 0 Å². The number of hydrogen-bond acceptors (Lipinski definition) is 10. The van der Waals surface area contributed by atoms with Gasteiger partial charge in [0.25, 0.3) is 20.0 Å². The molecule has 5 aromatic carbocycles. The maximum absolute atomic E-state index is 13.7. The van der Waals surface area contributed by atoms with Gasteiger partial charge in [-0.25, -0.2) is 16.8 Å². The van der Waals surface area contributed by atoms with Crippen LogP contribution < -0.4 is 27.6 Å². The van der Waals surface area contributed by atoms with Crippen LogP contribution in [0.2, 0.25) is 0 Å². The summed E-state index contributed by atoms with van der Waals surface area (Å²) in [6.07, 6.45) is -2.46. The average molecular weight is 749 g/mol. The number of benzene rings is 5. The fourth-order valence-corrected chi connectivity index (χ4v) is 8.34. The molecule has 52 heavy (non-hydrogen) atoms. The lowest BCUT2D eigenvalue weighted by Gasteiger charge is -2.28. The van der Waals surface area contributed by atoms with Crippen molar-refractivity contribution in [2.24, 2.45) is 0 Å². The van der Waals surface area contributed by atoms with Crippen molar-refractivity contribution in [3.63, 3.8) is 0 Å². The maximum atomic E-state index is 13.7. The number of methoxy groups -OCH3 is 2. The number of sulfonamides is 2. The van der Waals surface area contributed by atoms with E-state index >= 15 is 0 Å². The molecule has 0 aromatic heterocycles. The van der Waals surface area contributed by atoms with Crippen LogP contribution in [-0.4, -0.2) is 79.8 Å². The van der Waals surface area contributed by atoms with E-state index in [9.17, 15) is 27.0 Å². The molecular weight excluding hydrogens is 709 g/mol. The zero-order valence-corrected chi connectivity index (χ0v) is 30.2. The summed E-state index contributed by atoms with van der Waals surface area (Å²) in [5, 5.41) is 21.9. The van der Waals surface area contributed by atoms with Crippen molar-refractivity contribution < 1.29 is 46.0 Å². The van der Waals surface area contributed by atoms with Gasteiger partial charge in [0.05, 0.1) is 48.5 Å². The standard InChI is InChI=1S/C38H40N2O10S2/c1-47-37-19-11-9-17-35(37)39(51(43,44)33-13-5-3-6-14-33)25-29(41)27-49-31-21-23-32(24-22-31)50-28-30(42)26-40(36-18-10-12-20-38(36)48-2)52(45,46)34-15-7-4-8-16-34/h3-24,29-30,41-42H,25-28H2,1-2H3. The first-order valence-electron chi connectivity index (χ1n) is 16.2. The van der Waals surface area contributed by atoms with Crippen molar-refractivity contribution in [3.05, 3.63) is 133 Å². The number of aliphatic hydroxyl groups excluding tert-OH is 2. The third-order valence-corrected chi connectivity index (χ3v) is 11.4. The van der Waals surface area contributed by atoms with Crippen LogP contribution in [0.25, 0.3) is 0 Å². The summed E-state index contributed by atoms with van der Waals surface area (Å²) in [5.41, 5.74) is 0.528. The minimum absolute atomic E-state index is 0.0556. The van der Waals surface area contributed by atoms with Crippen molar-refractivity contribution >= 4 is 31.4 Å². The van der Waals surface area contributed by atoms with E-state index in [1.165, 1.54) is 38.5 Å². The van der Waals surface area contributed by atoms with E-state index in [-0.39, 0.29) is 47.5 Å². The van der Waals surface area contributed by atoms with Crippen LogP contribution in [0.1, 0.15) is 0 Å². The third-order valence-electron chi connectivity index (χ3n) is 7.83. The van der Waals surface area contributed by atoms with Gasteiger partial charge in [0.1, 0.15) is 48.4 Å². The Labute approximate surface area is 304 Å². The number of hydrogen-bond donors (Lipinski definition) is 2. The molecule has 0 saturated carbocycles. The van der Waals surface area contributed by atoms with Crippen LogP contribution in [0.5, 0.6) is 23.0 Å². The second kappa shape index (κ2) is 17.3. The molecule has 2 N–H and O–H groups in total. The van der Waals surface area contributed by atoms with Gasteiger partial charge in [-0.15, -0.1) is 0 Å². The Bertz CT molecular complexity index is 1950. The molecule has 0 aliphatic carbocycles. The number of aliphatic hydroxyl groups is 2. The van der Waals surface area contributed by atoms with Crippen LogP contribution >= 0.6 is 0 Å². The number of ether oxygens (including phenoxy) is 4. The minimum atomic E-state index is -4.08. The van der Waals surface area contributed by atoms with Gasteiger partial charge in [-0.3, -0.25) is 8.61 Å². The number of para-hydroxylation sites is 4. The SMILES string of the molecule is COc1ccccc1N(CC(O)COc1ccc(OCC(O)CN(c2ccccc2OC)S(=O)(=O)c2ccccc2)cc1)S(=O)(=O)c1ccccc1. The molecule has 274 valence electrons. The van der Waals surface area contributed by atoms with E-state index in [1.807, 2.05) is 0 Å². The molecule has 0 bridgehead atoms. The van der Waals surface area contributed by atoms with Crippen LogP contribution in [-0.2, 0) is 20.0 Å². The molecule has 5 aromatic rings. The Balaban J connectivity index is 1.22. The summed E-state index contributed by atoms with van der Waals surface area (Å²) in [5.74, 6) is 1.39. The molecule has 2 atom stereocenters. The molecule has 0 spiro atoms. The summed E-state index contributed by atoms with van der Waals surface area (Å²) in [6, 6.07) is 35.4. The highest BCUT2D eigenvalue weighted by Crippen LogP contribution is 2.34. The van der Waals surface area contributed by atoms with Crippen molar-refractivity contribution in [1.29, 1.82) is 0 Å². The second-order valence-corrected chi connectivity index (χ2v) is 15.2. The molecule has 0 aliphatic heterocycles. The Morgan fingerprint density at radius 2 is 0.827 bits per heavy atom. The van der Waals surface area contributed by atoms with Crippen LogP contribution in [0.15, 0.2) is 143 Å². The van der Waals surface area contributed by atoms with Gasteiger partial charge >= 0.3 is 0 Å². The van der Waals surface area contributed by atoms with Gasteiger partial charge in [0.2, 0.25) is 0 Å². The number of rotatable bonds is 18. The van der Waals surface area contributed by atoms with E-state index in [4.69, 9.17) is 18.9 Å². The second-order valence-electron chi connectivity index (χ2n) is 11.4. The van der Waals surface area contributed by atoms with Crippen LogP contribution in [0.3, 0.4) is 0 Å². The first-order chi connectivity index (χ1) is 25.0. The Morgan fingerprint density at radius 1 is 0.500 bits per heavy atom. The Morgan fingerprint density at radius 3 is 1.17 bits per heavy atom. The summed E-state index contributed by atoms with van der Waals surface area (Å²) in [7, 11) is -5.28. The quantitative estimate of drug-likeness (QED) is 0.126. The average Bonchev–Trinajstić information content (AvgIpc) is 3.18. The molecule has 14 heteroatoms. The molecule has 0 saturated heterocycles. The molecule has 0 fully saturated rings. The third kappa shape index (κ3) is 9.14. The number of nitrogens with zero attached hydrogens (tertiary/aromatic N) is 2. The zero-order valence-electron chi connectivity index (χ0n) is 28.6. The Hall–Kier alpha value is -5.28. The summed E-state index contributed by atoms with van der Waals surface area (Å²) in [4.78, 5) is 0.111. The van der Waals surface area contributed by atoms with Crippen LogP contribution in [0, 0.1) is 0 Å². The van der Waals surface area contributed by atoms with E-state index in [0.717, 1.165) is 8.61 Å². The molecule has 5 rings (SSSR count). The molecule has 2 unspecified atom stereocenters. The fourth-order valence-electron chi connectivity index (χ4n) is 5.27. The normalized spacial score (nSPS) is 12.7. The minimum Gasteiger partial charge on any atom is -0.495 e. The predicted octanol–water partition coefficient (Wildman–Crippen LogP) is 4.97. The molecule has 0 heterocycles. The molecule has 12 nitrogen and oxygen atoms in total. The van der Waals surface area contributed by atoms with Gasteiger partial charge in [-0.2, -0.15) is 0 Å². The van der Waals surface area contributed by atoms with E-state index in [1.54, 1.807) is 109 Å². The lowest BCUT2D eigenvalue weighted by Crippen LogP contribution is -2.40.